The Morgan fingerprint density at radius 3 is 2.62 bits per heavy atom. The minimum Gasteiger partial charge on any atom is -0.447 e. The Morgan fingerprint density at radius 2 is 2.12 bits per heavy atom. The lowest BCUT2D eigenvalue weighted by Gasteiger charge is -2.08. The fourth-order valence-electron chi connectivity index (χ4n) is 1.57. The molecule has 84 valence electrons. The highest BCUT2D eigenvalue weighted by molar-refractivity contribution is 5.88. The quantitative estimate of drug-likeness (QED) is 0.792. The summed E-state index contributed by atoms with van der Waals surface area (Å²) in [6, 6.07) is 7.19. The van der Waals surface area contributed by atoms with Crippen LogP contribution in [0.25, 0.3) is 0 Å². The molecule has 2 rings (SSSR count). The molecule has 0 bridgehead atoms. The van der Waals surface area contributed by atoms with Gasteiger partial charge in [-0.05, 0) is 17.7 Å². The number of rotatable bonds is 2. The summed E-state index contributed by atoms with van der Waals surface area (Å²) >= 11 is 0. The Bertz CT molecular complexity index is 414. The van der Waals surface area contributed by atoms with Crippen molar-refractivity contribution in [2.24, 2.45) is 0 Å². The van der Waals surface area contributed by atoms with Crippen molar-refractivity contribution < 1.29 is 14.3 Å². The molecule has 5 nitrogen and oxygen atoms in total. The van der Waals surface area contributed by atoms with E-state index in [0.29, 0.717) is 6.61 Å². The molecule has 1 fully saturated rings. The maximum atomic E-state index is 10.8. The van der Waals surface area contributed by atoms with Crippen molar-refractivity contribution in [1.82, 2.24) is 5.32 Å². The van der Waals surface area contributed by atoms with Gasteiger partial charge in [0.25, 0.3) is 0 Å². The van der Waals surface area contributed by atoms with Crippen LogP contribution in [0.5, 0.6) is 0 Å². The van der Waals surface area contributed by atoms with Gasteiger partial charge in [-0.15, -0.1) is 0 Å². The van der Waals surface area contributed by atoms with Gasteiger partial charge in [0.2, 0.25) is 5.91 Å². The van der Waals surface area contributed by atoms with E-state index in [9.17, 15) is 9.59 Å². The number of carbonyl (C=O) groups is 2. The number of alkyl carbamates (subject to hydrolysis) is 1. The van der Waals surface area contributed by atoms with Crippen LogP contribution in [-0.4, -0.2) is 18.6 Å². The predicted molar refractivity (Wildman–Crippen MR) is 58.0 cm³/mol. The van der Waals surface area contributed by atoms with Crippen molar-refractivity contribution in [3.63, 3.8) is 0 Å². The molecule has 0 aromatic heterocycles. The van der Waals surface area contributed by atoms with Gasteiger partial charge in [-0.25, -0.2) is 4.79 Å². The fourth-order valence-corrected chi connectivity index (χ4v) is 1.57. The van der Waals surface area contributed by atoms with E-state index in [0.717, 1.165) is 11.3 Å². The third-order valence-electron chi connectivity index (χ3n) is 2.31. The molecule has 0 spiro atoms. The van der Waals surface area contributed by atoms with E-state index < -0.39 is 6.09 Å². The summed E-state index contributed by atoms with van der Waals surface area (Å²) in [6.07, 6.45) is -0.393. The van der Waals surface area contributed by atoms with Crippen molar-refractivity contribution in [2.75, 3.05) is 11.9 Å². The van der Waals surface area contributed by atoms with Crippen LogP contribution in [0.15, 0.2) is 24.3 Å². The molecule has 1 saturated heterocycles. The van der Waals surface area contributed by atoms with Gasteiger partial charge < -0.3 is 15.4 Å². The van der Waals surface area contributed by atoms with Crippen molar-refractivity contribution in [3.05, 3.63) is 29.8 Å². The lowest BCUT2D eigenvalue weighted by Crippen LogP contribution is -2.18. The first-order valence-corrected chi connectivity index (χ1v) is 4.96. The molecule has 1 aromatic carbocycles. The van der Waals surface area contributed by atoms with Crippen LogP contribution in [0.1, 0.15) is 18.5 Å². The van der Waals surface area contributed by atoms with E-state index in [1.807, 2.05) is 12.1 Å². The molecular formula is C11H12N2O3. The zero-order chi connectivity index (χ0) is 11.5. The zero-order valence-electron chi connectivity index (χ0n) is 8.82. The summed E-state index contributed by atoms with van der Waals surface area (Å²) < 4.78 is 4.79. The minimum atomic E-state index is -0.393. The molecule has 2 N–H and O–H groups in total. The summed E-state index contributed by atoms with van der Waals surface area (Å²) in [7, 11) is 0. The van der Waals surface area contributed by atoms with E-state index >= 15 is 0 Å². The van der Waals surface area contributed by atoms with Crippen molar-refractivity contribution in [3.8, 4) is 0 Å². The van der Waals surface area contributed by atoms with Crippen LogP contribution in [-0.2, 0) is 9.53 Å². The number of ether oxygens (including phenoxy) is 1. The van der Waals surface area contributed by atoms with E-state index in [4.69, 9.17) is 4.74 Å². The number of hydrogen-bond acceptors (Lipinski definition) is 3. The van der Waals surface area contributed by atoms with Gasteiger partial charge >= 0.3 is 6.09 Å². The molecule has 16 heavy (non-hydrogen) atoms. The molecule has 2 amide bonds. The number of anilines is 1. The third kappa shape index (κ3) is 2.31. The van der Waals surface area contributed by atoms with Gasteiger partial charge in [0, 0.05) is 12.6 Å². The lowest BCUT2D eigenvalue weighted by atomic mass is 10.1. The maximum Gasteiger partial charge on any atom is 0.407 e. The van der Waals surface area contributed by atoms with E-state index in [2.05, 4.69) is 10.6 Å². The first kappa shape index (κ1) is 10.5. The highest BCUT2D eigenvalue weighted by Gasteiger charge is 2.23. The second-order valence-electron chi connectivity index (χ2n) is 3.60. The number of cyclic esters (lactones) is 1. The van der Waals surface area contributed by atoms with Crippen molar-refractivity contribution in [1.29, 1.82) is 0 Å². The molecule has 0 saturated carbocycles. The molecule has 1 atom stereocenters. The summed E-state index contributed by atoms with van der Waals surface area (Å²) in [5.74, 6) is -0.106. The number of benzene rings is 1. The largest absolute Gasteiger partial charge is 0.447 e. The Hall–Kier alpha value is -2.04. The first-order chi connectivity index (χ1) is 7.65. The zero-order valence-corrected chi connectivity index (χ0v) is 8.82. The summed E-state index contributed by atoms with van der Waals surface area (Å²) in [4.78, 5) is 21.7. The number of carbonyl (C=O) groups excluding carboxylic acids is 2. The van der Waals surface area contributed by atoms with E-state index in [-0.39, 0.29) is 11.9 Å². The van der Waals surface area contributed by atoms with Gasteiger partial charge in [0.15, 0.2) is 0 Å². The lowest BCUT2D eigenvalue weighted by molar-refractivity contribution is -0.114. The molecule has 1 aliphatic heterocycles. The van der Waals surface area contributed by atoms with Gasteiger partial charge in [-0.3, -0.25) is 4.79 Å². The summed E-state index contributed by atoms with van der Waals surface area (Å²) in [5.41, 5.74) is 1.70. The maximum absolute atomic E-state index is 10.8. The van der Waals surface area contributed by atoms with Crippen molar-refractivity contribution in [2.45, 2.75) is 13.0 Å². The normalized spacial score (nSPS) is 18.8. The topological polar surface area (TPSA) is 67.4 Å². The standard InChI is InChI=1S/C11H12N2O3/c1-7(14)12-9-4-2-8(3-5-9)10-6-16-11(15)13-10/h2-5,10H,6H2,1H3,(H,12,14)(H,13,15)/t10-/m1/s1. The SMILES string of the molecule is CC(=O)Nc1ccc([C@H]2COC(=O)N2)cc1. The molecule has 1 aliphatic rings. The highest BCUT2D eigenvalue weighted by atomic mass is 16.6. The Kier molecular flexibility index (Phi) is 2.76. The Balaban J connectivity index is 2.07. The second-order valence-corrected chi connectivity index (χ2v) is 3.60. The molecule has 0 unspecified atom stereocenters. The van der Waals surface area contributed by atoms with Crippen LogP contribution >= 0.6 is 0 Å². The van der Waals surface area contributed by atoms with Crippen LogP contribution < -0.4 is 10.6 Å². The fraction of sp³-hybridized carbons (Fsp3) is 0.273. The van der Waals surface area contributed by atoms with Gasteiger partial charge in [-0.2, -0.15) is 0 Å². The monoisotopic (exact) mass is 220 g/mol. The van der Waals surface area contributed by atoms with Crippen molar-refractivity contribution >= 4 is 17.7 Å². The molecule has 0 aliphatic carbocycles. The smallest absolute Gasteiger partial charge is 0.407 e. The van der Waals surface area contributed by atoms with Gasteiger partial charge in [0.1, 0.15) is 6.61 Å². The number of nitrogens with one attached hydrogen (secondary N) is 2. The number of amides is 2. The average molecular weight is 220 g/mol. The molecular weight excluding hydrogens is 208 g/mol. The second kappa shape index (κ2) is 4.22. The molecule has 0 radical (unpaired) electrons. The molecule has 1 heterocycles. The highest BCUT2D eigenvalue weighted by Crippen LogP contribution is 2.19. The van der Waals surface area contributed by atoms with Crippen LogP contribution in [0, 0.1) is 0 Å². The Labute approximate surface area is 92.8 Å². The number of hydrogen-bond donors (Lipinski definition) is 2. The summed E-state index contributed by atoms with van der Waals surface area (Å²) in [6.45, 7) is 1.80. The predicted octanol–water partition coefficient (Wildman–Crippen LogP) is 1.43. The molecule has 1 aromatic rings. The van der Waals surface area contributed by atoms with Gasteiger partial charge in [-0.1, -0.05) is 12.1 Å². The third-order valence-corrected chi connectivity index (χ3v) is 2.31. The van der Waals surface area contributed by atoms with Crippen LogP contribution in [0.4, 0.5) is 10.5 Å². The Morgan fingerprint density at radius 1 is 1.44 bits per heavy atom. The van der Waals surface area contributed by atoms with E-state index in [1.54, 1.807) is 12.1 Å². The minimum absolute atomic E-state index is 0.0983. The van der Waals surface area contributed by atoms with E-state index in [1.165, 1.54) is 6.92 Å². The first-order valence-electron chi connectivity index (χ1n) is 4.96. The van der Waals surface area contributed by atoms with Crippen LogP contribution in [0.3, 0.4) is 0 Å². The molecule has 5 heteroatoms. The van der Waals surface area contributed by atoms with Crippen LogP contribution in [0.2, 0.25) is 0 Å². The summed E-state index contributed by atoms with van der Waals surface area (Å²) in [5, 5.41) is 5.36. The van der Waals surface area contributed by atoms with Gasteiger partial charge in [0.05, 0.1) is 6.04 Å². The average Bonchev–Trinajstić information content (AvgIpc) is 2.65.